The molecule has 0 aliphatic heterocycles. The Labute approximate surface area is 136 Å². The number of rotatable bonds is 7. The van der Waals surface area contributed by atoms with Crippen molar-refractivity contribution in [1.29, 1.82) is 0 Å². The second-order valence-corrected chi connectivity index (χ2v) is 7.28. The zero-order valence-corrected chi connectivity index (χ0v) is 14.0. The van der Waals surface area contributed by atoms with Crippen LogP contribution in [0.1, 0.15) is 16.8 Å². The van der Waals surface area contributed by atoms with Gasteiger partial charge >= 0.3 is 0 Å². The molecular weight excluding hydrogens is 316 g/mol. The van der Waals surface area contributed by atoms with E-state index in [2.05, 4.69) is 10.4 Å². The van der Waals surface area contributed by atoms with Crippen molar-refractivity contribution in [2.75, 3.05) is 26.4 Å². The van der Waals surface area contributed by atoms with Crippen LogP contribution < -0.4 is 5.32 Å². The highest BCUT2D eigenvalue weighted by molar-refractivity contribution is 7.88. The lowest BCUT2D eigenvalue weighted by Gasteiger charge is -2.13. The zero-order valence-electron chi connectivity index (χ0n) is 13.1. The fourth-order valence-corrected chi connectivity index (χ4v) is 2.42. The Morgan fingerprint density at radius 2 is 2.00 bits per heavy atom. The van der Waals surface area contributed by atoms with E-state index in [1.807, 2.05) is 24.4 Å². The minimum Gasteiger partial charge on any atom is -0.352 e. The van der Waals surface area contributed by atoms with Crippen LogP contribution >= 0.6 is 0 Å². The quantitative estimate of drug-likeness (QED) is 0.761. The number of aromatic nitrogens is 2. The normalized spacial score (nSPS) is 11.6. The molecule has 0 saturated heterocycles. The van der Waals surface area contributed by atoms with Crippen LogP contribution in [0.3, 0.4) is 0 Å². The average Bonchev–Trinajstić information content (AvgIpc) is 3.04. The van der Waals surface area contributed by atoms with E-state index in [9.17, 15) is 13.2 Å². The summed E-state index contributed by atoms with van der Waals surface area (Å²) in [5, 5.41) is 6.90. The fourth-order valence-electron chi connectivity index (χ4n) is 1.96. The topological polar surface area (TPSA) is 84.3 Å². The van der Waals surface area contributed by atoms with Gasteiger partial charge in [-0.25, -0.2) is 17.4 Å². The summed E-state index contributed by atoms with van der Waals surface area (Å²) >= 11 is 0. The lowest BCUT2D eigenvalue weighted by molar-refractivity contribution is 0.0953. The predicted molar refractivity (Wildman–Crippen MR) is 88.0 cm³/mol. The summed E-state index contributed by atoms with van der Waals surface area (Å²) in [6.45, 7) is 0.789. The van der Waals surface area contributed by atoms with Crippen LogP contribution in [-0.2, 0) is 10.0 Å². The van der Waals surface area contributed by atoms with Gasteiger partial charge < -0.3 is 5.32 Å². The number of carbonyl (C=O) groups is 1. The molecular formula is C15H20N4O3S. The number of hydrogen-bond acceptors (Lipinski definition) is 4. The third kappa shape index (κ3) is 4.90. The number of hydrogen-bond donors (Lipinski definition) is 1. The van der Waals surface area contributed by atoms with E-state index in [0.29, 0.717) is 25.1 Å². The Bertz CT molecular complexity index is 740. The summed E-state index contributed by atoms with van der Waals surface area (Å²) < 4.78 is 25.5. The molecule has 1 aromatic heterocycles. The summed E-state index contributed by atoms with van der Waals surface area (Å²) in [7, 11) is -1.65. The monoisotopic (exact) mass is 336 g/mol. The SMILES string of the molecule is CN(CCCNC(=O)c1ccc(-n2cccn2)cc1)S(C)(=O)=O. The molecule has 0 bridgehead atoms. The van der Waals surface area contributed by atoms with Crippen LogP contribution in [0.4, 0.5) is 0 Å². The van der Waals surface area contributed by atoms with Gasteiger partial charge in [0, 0.05) is 38.1 Å². The highest BCUT2D eigenvalue weighted by Gasteiger charge is 2.10. The van der Waals surface area contributed by atoms with Crippen molar-refractivity contribution in [2.45, 2.75) is 6.42 Å². The molecule has 0 spiro atoms. The molecule has 0 saturated carbocycles. The Balaban J connectivity index is 1.82. The van der Waals surface area contributed by atoms with Crippen molar-refractivity contribution < 1.29 is 13.2 Å². The first-order valence-electron chi connectivity index (χ1n) is 7.17. The van der Waals surface area contributed by atoms with Crippen LogP contribution in [0.25, 0.3) is 5.69 Å². The van der Waals surface area contributed by atoms with Gasteiger partial charge in [-0.3, -0.25) is 4.79 Å². The Kier molecular flexibility index (Phi) is 5.51. The van der Waals surface area contributed by atoms with Gasteiger partial charge in [0.15, 0.2) is 0 Å². The van der Waals surface area contributed by atoms with Gasteiger partial charge in [0.25, 0.3) is 5.91 Å². The van der Waals surface area contributed by atoms with E-state index in [0.717, 1.165) is 11.9 Å². The molecule has 0 atom stereocenters. The van der Waals surface area contributed by atoms with Crippen molar-refractivity contribution in [3.05, 3.63) is 48.3 Å². The van der Waals surface area contributed by atoms with Gasteiger partial charge in [0.1, 0.15) is 0 Å². The molecule has 8 heteroatoms. The van der Waals surface area contributed by atoms with Gasteiger partial charge in [0.05, 0.1) is 11.9 Å². The number of carbonyl (C=O) groups excluding carboxylic acids is 1. The van der Waals surface area contributed by atoms with Crippen molar-refractivity contribution >= 4 is 15.9 Å². The van der Waals surface area contributed by atoms with Crippen LogP contribution in [0, 0.1) is 0 Å². The van der Waals surface area contributed by atoms with E-state index < -0.39 is 10.0 Å². The molecule has 0 aliphatic rings. The van der Waals surface area contributed by atoms with Gasteiger partial charge in [-0.2, -0.15) is 5.10 Å². The van der Waals surface area contributed by atoms with Crippen molar-refractivity contribution in [2.24, 2.45) is 0 Å². The molecule has 124 valence electrons. The third-order valence-corrected chi connectivity index (χ3v) is 4.71. The Morgan fingerprint density at radius 1 is 1.30 bits per heavy atom. The molecule has 2 aromatic rings. The Hall–Kier alpha value is -2.19. The van der Waals surface area contributed by atoms with Gasteiger partial charge in [-0.15, -0.1) is 0 Å². The number of sulfonamides is 1. The summed E-state index contributed by atoms with van der Waals surface area (Å²) in [5.41, 5.74) is 1.43. The Morgan fingerprint density at radius 3 is 2.57 bits per heavy atom. The van der Waals surface area contributed by atoms with Crippen molar-refractivity contribution in [3.8, 4) is 5.69 Å². The molecule has 1 heterocycles. The number of amides is 1. The smallest absolute Gasteiger partial charge is 0.251 e. The molecule has 0 fully saturated rings. The van der Waals surface area contributed by atoms with Gasteiger partial charge in [-0.1, -0.05) is 0 Å². The molecule has 1 N–H and O–H groups in total. The minimum atomic E-state index is -3.17. The highest BCUT2D eigenvalue weighted by Crippen LogP contribution is 2.08. The first kappa shape index (κ1) is 17.2. The van der Waals surface area contributed by atoms with Crippen molar-refractivity contribution in [1.82, 2.24) is 19.4 Å². The lowest BCUT2D eigenvalue weighted by Crippen LogP contribution is -2.30. The van der Waals surface area contributed by atoms with E-state index in [1.165, 1.54) is 11.4 Å². The van der Waals surface area contributed by atoms with E-state index >= 15 is 0 Å². The largest absolute Gasteiger partial charge is 0.352 e. The van der Waals surface area contributed by atoms with Crippen LogP contribution in [0.2, 0.25) is 0 Å². The first-order chi connectivity index (χ1) is 10.9. The maximum atomic E-state index is 12.0. The maximum Gasteiger partial charge on any atom is 0.251 e. The van der Waals surface area contributed by atoms with Crippen LogP contribution in [0.5, 0.6) is 0 Å². The number of nitrogens with zero attached hydrogens (tertiary/aromatic N) is 3. The van der Waals surface area contributed by atoms with Crippen LogP contribution in [0.15, 0.2) is 42.7 Å². The van der Waals surface area contributed by atoms with Gasteiger partial charge in [-0.05, 0) is 36.8 Å². The molecule has 1 amide bonds. The van der Waals surface area contributed by atoms with Gasteiger partial charge in [0.2, 0.25) is 10.0 Å². The summed E-state index contributed by atoms with van der Waals surface area (Å²) in [6, 6.07) is 8.93. The molecule has 7 nitrogen and oxygen atoms in total. The fraction of sp³-hybridized carbons (Fsp3) is 0.333. The average molecular weight is 336 g/mol. The molecule has 1 aromatic carbocycles. The minimum absolute atomic E-state index is 0.181. The van der Waals surface area contributed by atoms with Crippen molar-refractivity contribution in [3.63, 3.8) is 0 Å². The van der Waals surface area contributed by atoms with Crippen LogP contribution in [-0.4, -0.2) is 54.8 Å². The number of benzene rings is 1. The summed E-state index contributed by atoms with van der Waals surface area (Å²) in [5.74, 6) is -0.181. The summed E-state index contributed by atoms with van der Waals surface area (Å²) in [4.78, 5) is 12.0. The van der Waals surface area contributed by atoms with E-state index in [-0.39, 0.29) is 5.91 Å². The second kappa shape index (κ2) is 7.38. The second-order valence-electron chi connectivity index (χ2n) is 5.19. The molecule has 0 unspecified atom stereocenters. The first-order valence-corrected chi connectivity index (χ1v) is 9.02. The highest BCUT2D eigenvalue weighted by atomic mass is 32.2. The molecule has 2 rings (SSSR count). The predicted octanol–water partition coefficient (Wildman–Crippen LogP) is 0.884. The lowest BCUT2D eigenvalue weighted by atomic mass is 10.2. The molecule has 0 radical (unpaired) electrons. The molecule has 23 heavy (non-hydrogen) atoms. The summed E-state index contributed by atoms with van der Waals surface area (Å²) in [6.07, 6.45) is 5.23. The van der Waals surface area contributed by atoms with E-state index in [4.69, 9.17) is 0 Å². The maximum absolute atomic E-state index is 12.0. The third-order valence-electron chi connectivity index (χ3n) is 3.40. The number of nitrogens with one attached hydrogen (secondary N) is 1. The van der Waals surface area contributed by atoms with E-state index in [1.54, 1.807) is 23.0 Å². The standard InChI is InChI=1S/C15H20N4O3S/c1-18(23(2,21)22)11-3-9-16-15(20)13-5-7-14(8-6-13)19-12-4-10-17-19/h4-8,10,12H,3,9,11H2,1-2H3,(H,16,20). The zero-order chi connectivity index (χ0) is 16.9. The molecule has 0 aliphatic carbocycles.